The van der Waals surface area contributed by atoms with Crippen LogP contribution in [0.3, 0.4) is 0 Å². The van der Waals surface area contributed by atoms with Crippen LogP contribution in [0.4, 0.5) is 0 Å². The van der Waals surface area contributed by atoms with Gasteiger partial charge in [0, 0.05) is 32.9 Å². The largest absolute Gasteiger partial charge is 0.482 e. The van der Waals surface area contributed by atoms with E-state index >= 15 is 0 Å². The van der Waals surface area contributed by atoms with Crippen LogP contribution in [-0.2, 0) is 14.3 Å². The van der Waals surface area contributed by atoms with Crippen LogP contribution >= 0.6 is 0 Å². The molecule has 0 heterocycles. The second kappa shape index (κ2) is 9.75. The lowest BCUT2D eigenvalue weighted by molar-refractivity contribution is -0.139. The van der Waals surface area contributed by atoms with Gasteiger partial charge in [-0.15, -0.1) is 0 Å². The quantitative estimate of drug-likeness (QED) is 0.690. The van der Waals surface area contributed by atoms with Gasteiger partial charge in [0.05, 0.1) is 13.2 Å². The summed E-state index contributed by atoms with van der Waals surface area (Å²) in [6, 6.07) is 6.43. The van der Waals surface area contributed by atoms with Gasteiger partial charge in [-0.2, -0.15) is 0 Å². The van der Waals surface area contributed by atoms with Gasteiger partial charge in [0.1, 0.15) is 5.75 Å². The first-order valence-corrected chi connectivity index (χ1v) is 6.80. The molecule has 0 spiro atoms. The van der Waals surface area contributed by atoms with Crippen molar-refractivity contribution in [1.29, 1.82) is 0 Å². The molecule has 0 aliphatic heterocycles. The molecule has 1 aromatic carbocycles. The van der Waals surface area contributed by atoms with Gasteiger partial charge in [-0.3, -0.25) is 4.79 Å². The summed E-state index contributed by atoms with van der Waals surface area (Å²) in [6.07, 6.45) is 0. The maximum Gasteiger partial charge on any atom is 0.341 e. The van der Waals surface area contributed by atoms with Crippen molar-refractivity contribution in [2.75, 3.05) is 47.1 Å². The number of hydrogen-bond donors (Lipinski definition) is 1. The minimum Gasteiger partial charge on any atom is -0.482 e. The Morgan fingerprint density at radius 1 is 1.14 bits per heavy atom. The Labute approximate surface area is 129 Å². The predicted octanol–water partition coefficient (Wildman–Crippen LogP) is 0.885. The van der Waals surface area contributed by atoms with Crippen molar-refractivity contribution < 1.29 is 28.9 Å². The number of amides is 1. The highest BCUT2D eigenvalue weighted by atomic mass is 16.5. The third-order valence-corrected chi connectivity index (χ3v) is 2.86. The van der Waals surface area contributed by atoms with Crippen LogP contribution in [0, 0.1) is 0 Å². The third kappa shape index (κ3) is 6.11. The summed E-state index contributed by atoms with van der Waals surface area (Å²) in [4.78, 5) is 24.6. The van der Waals surface area contributed by atoms with Crippen LogP contribution < -0.4 is 4.74 Å². The average molecular weight is 311 g/mol. The number of ether oxygens (including phenoxy) is 3. The molecule has 7 nitrogen and oxygen atoms in total. The van der Waals surface area contributed by atoms with E-state index in [4.69, 9.17) is 19.3 Å². The fourth-order valence-electron chi connectivity index (χ4n) is 1.76. The van der Waals surface area contributed by atoms with Crippen molar-refractivity contribution in [2.45, 2.75) is 0 Å². The molecule has 1 rings (SSSR count). The Morgan fingerprint density at radius 3 is 2.32 bits per heavy atom. The summed E-state index contributed by atoms with van der Waals surface area (Å²) in [6.45, 7) is 1.28. The monoisotopic (exact) mass is 311 g/mol. The number of carboxylic acid groups (broad SMARTS) is 1. The summed E-state index contributed by atoms with van der Waals surface area (Å²) in [5.41, 5.74) is 0.426. The molecular formula is C15H21NO6. The maximum atomic E-state index is 12.5. The molecule has 1 N–H and O–H groups in total. The molecule has 1 aromatic rings. The summed E-state index contributed by atoms with van der Waals surface area (Å²) < 4.78 is 15.1. The summed E-state index contributed by atoms with van der Waals surface area (Å²) >= 11 is 0. The van der Waals surface area contributed by atoms with E-state index in [1.165, 1.54) is 6.07 Å². The minimum atomic E-state index is -1.07. The lowest BCUT2D eigenvalue weighted by Gasteiger charge is -2.22. The third-order valence-electron chi connectivity index (χ3n) is 2.86. The van der Waals surface area contributed by atoms with E-state index in [0.29, 0.717) is 37.6 Å². The van der Waals surface area contributed by atoms with E-state index in [2.05, 4.69) is 0 Å². The average Bonchev–Trinajstić information content (AvgIpc) is 2.53. The molecule has 122 valence electrons. The summed E-state index contributed by atoms with van der Waals surface area (Å²) in [5, 5.41) is 8.61. The van der Waals surface area contributed by atoms with E-state index in [9.17, 15) is 9.59 Å². The fourth-order valence-corrected chi connectivity index (χ4v) is 1.76. The van der Waals surface area contributed by atoms with Gasteiger partial charge in [-0.25, -0.2) is 4.79 Å². The smallest absolute Gasteiger partial charge is 0.341 e. The van der Waals surface area contributed by atoms with Crippen molar-refractivity contribution in [1.82, 2.24) is 4.90 Å². The van der Waals surface area contributed by atoms with E-state index in [0.717, 1.165) is 0 Å². The molecule has 22 heavy (non-hydrogen) atoms. The zero-order valence-electron chi connectivity index (χ0n) is 12.8. The van der Waals surface area contributed by atoms with Gasteiger partial charge in [0.2, 0.25) is 0 Å². The molecule has 0 unspecified atom stereocenters. The molecular weight excluding hydrogens is 290 g/mol. The molecule has 1 amide bonds. The SMILES string of the molecule is COCCN(CCOC)C(=O)c1cccc(OCC(=O)O)c1. The highest BCUT2D eigenvalue weighted by Crippen LogP contribution is 2.15. The molecule has 0 saturated heterocycles. The standard InChI is InChI=1S/C15H21NO6/c1-20-8-6-16(7-9-21-2)15(19)12-4-3-5-13(10-12)22-11-14(17)18/h3-5,10H,6-9,11H2,1-2H3,(H,17,18). The predicted molar refractivity (Wildman–Crippen MR) is 79.2 cm³/mol. The second-order valence-corrected chi connectivity index (χ2v) is 4.49. The maximum absolute atomic E-state index is 12.5. The Hall–Kier alpha value is -2.12. The van der Waals surface area contributed by atoms with Crippen molar-refractivity contribution >= 4 is 11.9 Å². The first-order valence-electron chi connectivity index (χ1n) is 6.80. The van der Waals surface area contributed by atoms with Gasteiger partial charge >= 0.3 is 5.97 Å². The van der Waals surface area contributed by atoms with Gasteiger partial charge in [-0.1, -0.05) is 6.07 Å². The van der Waals surface area contributed by atoms with E-state index in [1.807, 2.05) is 0 Å². The molecule has 0 aliphatic rings. The molecule has 7 heteroatoms. The van der Waals surface area contributed by atoms with E-state index < -0.39 is 12.6 Å². The van der Waals surface area contributed by atoms with E-state index in [-0.39, 0.29) is 5.91 Å². The summed E-state index contributed by atoms with van der Waals surface area (Å²) in [5.74, 6) is -0.917. The van der Waals surface area contributed by atoms with Crippen LogP contribution in [-0.4, -0.2) is 69.0 Å². The lowest BCUT2D eigenvalue weighted by atomic mass is 10.2. The number of nitrogens with zero attached hydrogens (tertiary/aromatic N) is 1. The van der Waals surface area contributed by atoms with Crippen LogP contribution in [0.25, 0.3) is 0 Å². The Kier molecular flexibility index (Phi) is 7.95. The number of rotatable bonds is 10. The number of methoxy groups -OCH3 is 2. The molecule has 0 aromatic heterocycles. The van der Waals surface area contributed by atoms with Crippen LogP contribution in [0.5, 0.6) is 5.75 Å². The number of benzene rings is 1. The minimum absolute atomic E-state index is 0.185. The molecule has 0 aliphatic carbocycles. The summed E-state index contributed by atoms with van der Waals surface area (Å²) in [7, 11) is 3.14. The van der Waals surface area contributed by atoms with Gasteiger partial charge < -0.3 is 24.2 Å². The highest BCUT2D eigenvalue weighted by Gasteiger charge is 2.16. The molecule has 0 fully saturated rings. The van der Waals surface area contributed by atoms with Crippen molar-refractivity contribution in [3.8, 4) is 5.75 Å². The second-order valence-electron chi connectivity index (χ2n) is 4.49. The Morgan fingerprint density at radius 2 is 1.77 bits per heavy atom. The van der Waals surface area contributed by atoms with Crippen molar-refractivity contribution in [2.24, 2.45) is 0 Å². The number of aliphatic carboxylic acids is 1. The van der Waals surface area contributed by atoms with Gasteiger partial charge in [0.25, 0.3) is 5.91 Å². The number of carbonyl (C=O) groups is 2. The number of carbonyl (C=O) groups excluding carboxylic acids is 1. The van der Waals surface area contributed by atoms with Crippen LogP contribution in [0.2, 0.25) is 0 Å². The highest BCUT2D eigenvalue weighted by molar-refractivity contribution is 5.94. The lowest BCUT2D eigenvalue weighted by Crippen LogP contribution is -2.36. The van der Waals surface area contributed by atoms with Gasteiger partial charge in [-0.05, 0) is 18.2 Å². The fraction of sp³-hybridized carbons (Fsp3) is 0.467. The van der Waals surface area contributed by atoms with Crippen molar-refractivity contribution in [3.05, 3.63) is 29.8 Å². The molecule has 0 bridgehead atoms. The Balaban J connectivity index is 2.78. The van der Waals surface area contributed by atoms with Crippen LogP contribution in [0.1, 0.15) is 10.4 Å². The first kappa shape index (κ1) is 17.9. The van der Waals surface area contributed by atoms with Crippen LogP contribution in [0.15, 0.2) is 24.3 Å². The van der Waals surface area contributed by atoms with Gasteiger partial charge in [0.15, 0.2) is 6.61 Å². The zero-order chi connectivity index (χ0) is 16.4. The zero-order valence-corrected chi connectivity index (χ0v) is 12.8. The number of carboxylic acids is 1. The normalized spacial score (nSPS) is 10.3. The number of hydrogen-bond acceptors (Lipinski definition) is 5. The topological polar surface area (TPSA) is 85.3 Å². The molecule has 0 atom stereocenters. The molecule has 0 saturated carbocycles. The van der Waals surface area contributed by atoms with E-state index in [1.54, 1.807) is 37.3 Å². The first-order chi connectivity index (χ1) is 10.6. The van der Waals surface area contributed by atoms with Crippen molar-refractivity contribution in [3.63, 3.8) is 0 Å². The Bertz CT molecular complexity index is 483. The molecule has 0 radical (unpaired) electrons.